The fraction of sp³-hybridized carbons (Fsp3) is 0.625. The average Bonchev–Trinajstić information content (AvgIpc) is 2.45. The van der Waals surface area contributed by atoms with Crippen molar-refractivity contribution in [1.82, 2.24) is 5.32 Å². The highest BCUT2D eigenvalue weighted by atomic mass is 19.1. The Hall–Kier alpha value is -1.07. The van der Waals surface area contributed by atoms with Gasteiger partial charge < -0.3 is 10.1 Å². The molecule has 1 saturated heterocycles. The summed E-state index contributed by atoms with van der Waals surface area (Å²) in [4.78, 5) is 0. The summed E-state index contributed by atoms with van der Waals surface area (Å²) in [5.74, 6) is -2.55. The van der Waals surface area contributed by atoms with Crippen molar-refractivity contribution in [3.05, 3.63) is 35.1 Å². The van der Waals surface area contributed by atoms with Crippen molar-refractivity contribution in [3.8, 4) is 0 Å². The zero-order chi connectivity index (χ0) is 15.2. The molecule has 1 aliphatic heterocycles. The van der Waals surface area contributed by atoms with Crippen LogP contribution >= 0.6 is 0 Å². The Kier molecular flexibility index (Phi) is 6.06. The molecule has 2 rings (SSSR count). The highest BCUT2D eigenvalue weighted by Gasteiger charge is 2.23. The molecular formula is C16H22F3NO. The van der Waals surface area contributed by atoms with Gasteiger partial charge in [0.25, 0.3) is 0 Å². The lowest BCUT2D eigenvalue weighted by molar-refractivity contribution is 0.00844. The second kappa shape index (κ2) is 7.80. The lowest BCUT2D eigenvalue weighted by Gasteiger charge is -2.26. The topological polar surface area (TPSA) is 21.3 Å². The molecule has 0 radical (unpaired) electrons. The van der Waals surface area contributed by atoms with Crippen LogP contribution in [0.4, 0.5) is 13.2 Å². The van der Waals surface area contributed by atoms with Crippen molar-refractivity contribution in [3.63, 3.8) is 0 Å². The third-order valence-electron chi connectivity index (χ3n) is 3.89. The van der Waals surface area contributed by atoms with Gasteiger partial charge in [-0.1, -0.05) is 6.92 Å². The molecule has 0 amide bonds. The third kappa shape index (κ3) is 4.45. The van der Waals surface area contributed by atoms with Crippen LogP contribution in [0.1, 0.15) is 50.6 Å². The first kappa shape index (κ1) is 16.3. The van der Waals surface area contributed by atoms with Crippen molar-refractivity contribution in [2.24, 2.45) is 0 Å². The van der Waals surface area contributed by atoms with Gasteiger partial charge in [0.05, 0.1) is 6.10 Å². The first-order valence-electron chi connectivity index (χ1n) is 7.61. The number of hydrogen-bond acceptors (Lipinski definition) is 2. The number of rotatable bonds is 6. The molecule has 2 nitrogen and oxygen atoms in total. The zero-order valence-electron chi connectivity index (χ0n) is 12.3. The Labute approximate surface area is 123 Å². The van der Waals surface area contributed by atoms with Crippen LogP contribution in [0.5, 0.6) is 0 Å². The van der Waals surface area contributed by atoms with Gasteiger partial charge in [-0.05, 0) is 38.6 Å². The average molecular weight is 301 g/mol. The van der Waals surface area contributed by atoms with Crippen LogP contribution in [-0.2, 0) is 4.74 Å². The zero-order valence-corrected chi connectivity index (χ0v) is 12.3. The molecule has 2 unspecified atom stereocenters. The Bertz CT molecular complexity index is 438. The van der Waals surface area contributed by atoms with Crippen LogP contribution in [0.2, 0.25) is 0 Å². The second-order valence-electron chi connectivity index (χ2n) is 5.46. The maximum Gasteiger partial charge on any atom is 0.133 e. The molecule has 118 valence electrons. The van der Waals surface area contributed by atoms with Gasteiger partial charge in [0.2, 0.25) is 0 Å². The predicted molar refractivity (Wildman–Crippen MR) is 75.6 cm³/mol. The van der Waals surface area contributed by atoms with Crippen molar-refractivity contribution >= 4 is 0 Å². The van der Waals surface area contributed by atoms with E-state index in [-0.39, 0.29) is 11.7 Å². The van der Waals surface area contributed by atoms with E-state index in [1.165, 1.54) is 0 Å². The standard InChI is InChI=1S/C16H22F3NO/c1-2-20-15(7-6-12-5-3-4-8-21-12)16-13(18)9-11(17)10-14(16)19/h9-10,12,15,20H,2-8H2,1H3. The summed E-state index contributed by atoms with van der Waals surface area (Å²) < 4.78 is 46.5. The van der Waals surface area contributed by atoms with E-state index in [0.717, 1.165) is 44.4 Å². The van der Waals surface area contributed by atoms with Gasteiger partial charge in [0, 0.05) is 30.3 Å². The number of halogens is 3. The van der Waals surface area contributed by atoms with Crippen LogP contribution < -0.4 is 5.32 Å². The van der Waals surface area contributed by atoms with E-state index in [0.29, 0.717) is 13.0 Å². The molecule has 1 aromatic carbocycles. The quantitative estimate of drug-likeness (QED) is 0.854. The van der Waals surface area contributed by atoms with Crippen molar-refractivity contribution in [2.45, 2.75) is 51.2 Å². The van der Waals surface area contributed by atoms with Crippen LogP contribution in [0.25, 0.3) is 0 Å². The van der Waals surface area contributed by atoms with Crippen molar-refractivity contribution in [1.29, 1.82) is 0 Å². The Morgan fingerprint density at radius 2 is 1.95 bits per heavy atom. The number of benzene rings is 1. The van der Waals surface area contributed by atoms with Crippen molar-refractivity contribution < 1.29 is 17.9 Å². The summed E-state index contributed by atoms with van der Waals surface area (Å²) in [6, 6.07) is 1.01. The maximum atomic E-state index is 13.9. The van der Waals surface area contributed by atoms with Crippen LogP contribution in [-0.4, -0.2) is 19.3 Å². The maximum absolute atomic E-state index is 13.9. The Balaban J connectivity index is 2.07. The summed E-state index contributed by atoms with van der Waals surface area (Å²) in [5.41, 5.74) is -0.0749. The Morgan fingerprint density at radius 1 is 1.24 bits per heavy atom. The first-order chi connectivity index (χ1) is 10.1. The minimum absolute atomic E-state index is 0.0749. The molecular weight excluding hydrogens is 279 g/mol. The molecule has 5 heteroatoms. The lowest BCUT2D eigenvalue weighted by Crippen LogP contribution is -2.26. The van der Waals surface area contributed by atoms with Crippen LogP contribution in [0, 0.1) is 17.5 Å². The second-order valence-corrected chi connectivity index (χ2v) is 5.46. The molecule has 1 N–H and O–H groups in total. The molecule has 0 aliphatic carbocycles. The number of hydrogen-bond donors (Lipinski definition) is 1. The summed E-state index contributed by atoms with van der Waals surface area (Å²) in [5, 5.41) is 3.08. The molecule has 0 spiro atoms. The molecule has 2 atom stereocenters. The van der Waals surface area contributed by atoms with E-state index < -0.39 is 23.5 Å². The SMILES string of the molecule is CCNC(CCC1CCCCO1)c1c(F)cc(F)cc1F. The molecule has 0 bridgehead atoms. The summed E-state index contributed by atoms with van der Waals surface area (Å²) >= 11 is 0. The van der Waals surface area contributed by atoms with E-state index in [1.54, 1.807) is 0 Å². The fourth-order valence-corrected chi connectivity index (χ4v) is 2.87. The summed E-state index contributed by atoms with van der Waals surface area (Å²) in [6.07, 6.45) is 4.68. The number of nitrogens with one attached hydrogen (secondary N) is 1. The van der Waals surface area contributed by atoms with E-state index in [4.69, 9.17) is 4.74 Å². The van der Waals surface area contributed by atoms with Gasteiger partial charge >= 0.3 is 0 Å². The molecule has 21 heavy (non-hydrogen) atoms. The van der Waals surface area contributed by atoms with Gasteiger partial charge in [0.1, 0.15) is 17.5 Å². The van der Waals surface area contributed by atoms with E-state index in [9.17, 15) is 13.2 Å². The summed E-state index contributed by atoms with van der Waals surface area (Å²) in [6.45, 7) is 3.23. The van der Waals surface area contributed by atoms with Gasteiger partial charge in [-0.3, -0.25) is 0 Å². The van der Waals surface area contributed by atoms with E-state index >= 15 is 0 Å². The highest BCUT2D eigenvalue weighted by Crippen LogP contribution is 2.28. The van der Waals surface area contributed by atoms with Crippen molar-refractivity contribution in [2.75, 3.05) is 13.2 Å². The highest BCUT2D eigenvalue weighted by molar-refractivity contribution is 5.24. The molecule has 0 saturated carbocycles. The normalized spacial score (nSPS) is 20.5. The predicted octanol–water partition coefficient (Wildman–Crippen LogP) is 4.10. The van der Waals surface area contributed by atoms with Gasteiger partial charge in [-0.15, -0.1) is 0 Å². The van der Waals surface area contributed by atoms with Gasteiger partial charge in [-0.25, -0.2) is 13.2 Å². The van der Waals surface area contributed by atoms with Crippen LogP contribution in [0.3, 0.4) is 0 Å². The fourth-order valence-electron chi connectivity index (χ4n) is 2.87. The molecule has 1 aliphatic rings. The molecule has 1 aromatic rings. The third-order valence-corrected chi connectivity index (χ3v) is 3.89. The van der Waals surface area contributed by atoms with Crippen LogP contribution in [0.15, 0.2) is 12.1 Å². The summed E-state index contributed by atoms with van der Waals surface area (Å²) in [7, 11) is 0. The van der Waals surface area contributed by atoms with Gasteiger partial charge in [-0.2, -0.15) is 0 Å². The monoisotopic (exact) mass is 301 g/mol. The minimum atomic E-state index is -0.889. The van der Waals surface area contributed by atoms with Gasteiger partial charge in [0.15, 0.2) is 0 Å². The minimum Gasteiger partial charge on any atom is -0.378 e. The Morgan fingerprint density at radius 3 is 2.52 bits per heavy atom. The molecule has 0 aromatic heterocycles. The first-order valence-corrected chi connectivity index (χ1v) is 7.61. The molecule has 1 heterocycles. The smallest absolute Gasteiger partial charge is 0.133 e. The van der Waals surface area contributed by atoms with E-state index in [1.807, 2.05) is 6.92 Å². The van der Waals surface area contributed by atoms with E-state index in [2.05, 4.69) is 5.32 Å². The lowest BCUT2D eigenvalue weighted by atomic mass is 9.96. The number of ether oxygens (including phenoxy) is 1. The molecule has 1 fully saturated rings. The largest absolute Gasteiger partial charge is 0.378 e.